The van der Waals surface area contributed by atoms with Crippen LogP contribution in [-0.2, 0) is 0 Å². The van der Waals surface area contributed by atoms with E-state index >= 15 is 0 Å². The minimum absolute atomic E-state index is 0.0414. The van der Waals surface area contributed by atoms with E-state index in [0.717, 1.165) is 4.90 Å². The monoisotopic (exact) mass is 291 g/mol. The molecule has 1 aromatic carbocycles. The lowest BCUT2D eigenvalue weighted by Gasteiger charge is -2.10. The number of rotatable bonds is 4. The van der Waals surface area contributed by atoms with Crippen LogP contribution in [0.4, 0.5) is 15.9 Å². The number of amides is 1. The Balaban J connectivity index is 2.29. The first-order chi connectivity index (χ1) is 9.67. The first kappa shape index (κ1) is 14.3. The number of halogens is 1. The fourth-order valence-electron chi connectivity index (χ4n) is 1.73. The van der Waals surface area contributed by atoms with Crippen molar-refractivity contribution in [1.29, 1.82) is 0 Å². The molecule has 6 heteroatoms. The maximum absolute atomic E-state index is 14.0. The minimum atomic E-state index is -0.658. The number of para-hydroxylation sites is 1. The van der Waals surface area contributed by atoms with Crippen LogP contribution in [0, 0.1) is 5.82 Å². The van der Waals surface area contributed by atoms with Crippen molar-refractivity contribution in [3.63, 3.8) is 0 Å². The number of benzene rings is 1. The van der Waals surface area contributed by atoms with Gasteiger partial charge in [-0.3, -0.25) is 4.79 Å². The average molecular weight is 291 g/mol. The van der Waals surface area contributed by atoms with E-state index in [2.05, 4.69) is 15.6 Å². The molecule has 0 radical (unpaired) electrons. The molecule has 0 saturated heterocycles. The number of aromatic nitrogens is 1. The van der Waals surface area contributed by atoms with Crippen molar-refractivity contribution >= 4 is 29.2 Å². The Morgan fingerprint density at radius 3 is 2.75 bits per heavy atom. The number of nitrogens with zero attached hydrogens (tertiary/aromatic N) is 1. The molecule has 0 fully saturated rings. The van der Waals surface area contributed by atoms with Crippen LogP contribution >= 0.6 is 11.8 Å². The Morgan fingerprint density at radius 2 is 2.05 bits per heavy atom. The van der Waals surface area contributed by atoms with Crippen LogP contribution in [0.25, 0.3) is 0 Å². The van der Waals surface area contributed by atoms with Crippen LogP contribution in [0.5, 0.6) is 0 Å². The van der Waals surface area contributed by atoms with E-state index in [4.69, 9.17) is 0 Å². The van der Waals surface area contributed by atoms with Gasteiger partial charge < -0.3 is 10.6 Å². The highest BCUT2D eigenvalue weighted by Crippen LogP contribution is 2.25. The number of hydrogen-bond acceptors (Lipinski definition) is 4. The van der Waals surface area contributed by atoms with Crippen LogP contribution in [0.3, 0.4) is 0 Å². The van der Waals surface area contributed by atoms with E-state index in [9.17, 15) is 9.18 Å². The molecule has 0 bridgehead atoms. The summed E-state index contributed by atoms with van der Waals surface area (Å²) in [7, 11) is 1.55. The van der Waals surface area contributed by atoms with Gasteiger partial charge in [0.1, 0.15) is 0 Å². The molecule has 0 saturated carbocycles. The maximum Gasteiger partial charge on any atom is 0.258 e. The molecule has 0 aliphatic heterocycles. The average Bonchev–Trinajstić information content (AvgIpc) is 2.48. The molecule has 2 rings (SSSR count). The van der Waals surface area contributed by atoms with E-state index in [1.54, 1.807) is 13.1 Å². The summed E-state index contributed by atoms with van der Waals surface area (Å²) in [4.78, 5) is 16.9. The third-order valence-electron chi connectivity index (χ3n) is 2.73. The Morgan fingerprint density at radius 1 is 1.30 bits per heavy atom. The second-order valence-electron chi connectivity index (χ2n) is 3.93. The molecule has 0 aliphatic carbocycles. The maximum atomic E-state index is 14.0. The first-order valence-electron chi connectivity index (χ1n) is 5.94. The Hall–Kier alpha value is -2.08. The Bertz CT molecular complexity index is 634. The summed E-state index contributed by atoms with van der Waals surface area (Å²) in [6.45, 7) is 0. The Labute approximate surface area is 120 Å². The molecule has 0 unspecified atom stereocenters. The predicted octanol–water partition coefficient (Wildman–Crippen LogP) is 3.24. The Kier molecular flexibility index (Phi) is 4.57. The van der Waals surface area contributed by atoms with Gasteiger partial charge in [-0.25, -0.2) is 9.37 Å². The van der Waals surface area contributed by atoms with Crippen molar-refractivity contribution in [2.45, 2.75) is 4.90 Å². The molecule has 104 valence electrons. The molecule has 0 aliphatic rings. The molecule has 2 N–H and O–H groups in total. The normalized spacial score (nSPS) is 10.2. The molecule has 0 spiro atoms. The smallest absolute Gasteiger partial charge is 0.258 e. The third kappa shape index (κ3) is 2.91. The zero-order valence-electron chi connectivity index (χ0n) is 11.1. The highest BCUT2D eigenvalue weighted by molar-refractivity contribution is 7.98. The number of thioether (sulfide) groups is 1. The number of hydrogen-bond donors (Lipinski definition) is 2. The number of nitrogens with one attached hydrogen (secondary N) is 2. The molecule has 20 heavy (non-hydrogen) atoms. The fraction of sp³-hybridized carbons (Fsp3) is 0.143. The molecule has 2 aromatic rings. The predicted molar refractivity (Wildman–Crippen MR) is 79.9 cm³/mol. The van der Waals surface area contributed by atoms with Crippen molar-refractivity contribution in [3.8, 4) is 0 Å². The summed E-state index contributed by atoms with van der Waals surface area (Å²) in [5.74, 6) is -1.10. The van der Waals surface area contributed by atoms with E-state index in [-0.39, 0.29) is 11.4 Å². The van der Waals surface area contributed by atoms with E-state index in [1.807, 2.05) is 24.5 Å². The molecule has 0 atom stereocenters. The molecular formula is C14H14FN3OS. The SMILES string of the molecule is CNc1nccc(C(=O)Nc2ccccc2SC)c1F. The zero-order valence-corrected chi connectivity index (χ0v) is 11.9. The van der Waals surface area contributed by atoms with E-state index < -0.39 is 11.7 Å². The summed E-state index contributed by atoms with van der Waals surface area (Å²) >= 11 is 1.51. The number of pyridine rings is 1. The fourth-order valence-corrected chi connectivity index (χ4v) is 2.28. The number of anilines is 2. The highest BCUT2D eigenvalue weighted by Gasteiger charge is 2.16. The largest absolute Gasteiger partial charge is 0.371 e. The molecular weight excluding hydrogens is 277 g/mol. The topological polar surface area (TPSA) is 54.0 Å². The first-order valence-corrected chi connectivity index (χ1v) is 7.16. The van der Waals surface area contributed by atoms with Gasteiger partial charge in [0.25, 0.3) is 5.91 Å². The van der Waals surface area contributed by atoms with Gasteiger partial charge in [-0.05, 0) is 24.5 Å². The summed E-state index contributed by atoms with van der Waals surface area (Å²) in [6.07, 6.45) is 3.31. The summed E-state index contributed by atoms with van der Waals surface area (Å²) < 4.78 is 14.0. The van der Waals surface area contributed by atoms with Crippen LogP contribution < -0.4 is 10.6 Å². The second kappa shape index (κ2) is 6.38. The van der Waals surface area contributed by atoms with Crippen molar-refractivity contribution in [1.82, 2.24) is 4.98 Å². The standard InChI is InChI=1S/C14H14FN3OS/c1-16-13-12(15)9(7-8-17-13)14(19)18-10-5-3-4-6-11(10)20-2/h3-8H,1-2H3,(H,16,17)(H,18,19). The second-order valence-corrected chi connectivity index (χ2v) is 4.77. The number of carbonyl (C=O) groups excluding carboxylic acids is 1. The van der Waals surface area contributed by atoms with Crippen molar-refractivity contribution < 1.29 is 9.18 Å². The van der Waals surface area contributed by atoms with E-state index in [1.165, 1.54) is 24.0 Å². The van der Waals surface area contributed by atoms with Gasteiger partial charge in [0, 0.05) is 18.1 Å². The molecule has 1 amide bonds. The van der Waals surface area contributed by atoms with Gasteiger partial charge in [-0.1, -0.05) is 12.1 Å². The van der Waals surface area contributed by atoms with Gasteiger partial charge in [0.05, 0.1) is 11.3 Å². The highest BCUT2D eigenvalue weighted by atomic mass is 32.2. The lowest BCUT2D eigenvalue weighted by atomic mass is 10.2. The molecule has 4 nitrogen and oxygen atoms in total. The molecule has 1 heterocycles. The van der Waals surface area contributed by atoms with Gasteiger partial charge in [0.15, 0.2) is 11.6 Å². The third-order valence-corrected chi connectivity index (χ3v) is 3.52. The minimum Gasteiger partial charge on any atom is -0.371 e. The van der Waals surface area contributed by atoms with Crippen molar-refractivity contribution in [3.05, 3.63) is 47.9 Å². The number of carbonyl (C=O) groups is 1. The summed E-state index contributed by atoms with van der Waals surface area (Å²) in [6, 6.07) is 8.72. The van der Waals surface area contributed by atoms with Crippen LogP contribution in [0.2, 0.25) is 0 Å². The van der Waals surface area contributed by atoms with Crippen LogP contribution in [0.15, 0.2) is 41.4 Å². The van der Waals surface area contributed by atoms with Crippen molar-refractivity contribution in [2.24, 2.45) is 0 Å². The quantitative estimate of drug-likeness (QED) is 0.849. The van der Waals surface area contributed by atoms with Crippen LogP contribution in [0.1, 0.15) is 10.4 Å². The van der Waals surface area contributed by atoms with E-state index in [0.29, 0.717) is 5.69 Å². The van der Waals surface area contributed by atoms with Gasteiger partial charge in [-0.15, -0.1) is 11.8 Å². The molecule has 1 aromatic heterocycles. The summed E-state index contributed by atoms with van der Waals surface area (Å²) in [5, 5.41) is 5.32. The van der Waals surface area contributed by atoms with Gasteiger partial charge in [-0.2, -0.15) is 0 Å². The van der Waals surface area contributed by atoms with Crippen molar-refractivity contribution in [2.75, 3.05) is 23.9 Å². The lowest BCUT2D eigenvalue weighted by Crippen LogP contribution is -2.15. The van der Waals surface area contributed by atoms with Gasteiger partial charge in [0.2, 0.25) is 0 Å². The van der Waals surface area contributed by atoms with Crippen LogP contribution in [-0.4, -0.2) is 24.2 Å². The lowest BCUT2D eigenvalue weighted by molar-refractivity contribution is 0.102. The van der Waals surface area contributed by atoms with Gasteiger partial charge >= 0.3 is 0 Å². The summed E-state index contributed by atoms with van der Waals surface area (Å²) in [5.41, 5.74) is 0.618. The zero-order chi connectivity index (χ0) is 14.5.